The molecule has 1 saturated heterocycles. The maximum absolute atomic E-state index is 12.4. The standard InChI is InChI=1S/C26H24N4O2/c1-2-29-23-6-4-3-5-21(23)22-17-18(7-13-24(22)29)8-14-25(31)28-19-9-11-20(12-10-19)30-16-15-27-26(30)32/h3-14,17H,2,15-16H2,1H3,(H,27,32)(H,28,31)/b14-8+. The van der Waals surface area contributed by atoms with Gasteiger partial charge in [0.1, 0.15) is 0 Å². The van der Waals surface area contributed by atoms with Crippen molar-refractivity contribution in [2.24, 2.45) is 0 Å². The molecule has 0 unspecified atom stereocenters. The molecular weight excluding hydrogens is 400 g/mol. The van der Waals surface area contributed by atoms with Gasteiger partial charge in [-0.05, 0) is 61.0 Å². The first kappa shape index (κ1) is 19.9. The highest BCUT2D eigenvalue weighted by atomic mass is 16.2. The van der Waals surface area contributed by atoms with Crippen LogP contribution in [-0.2, 0) is 11.3 Å². The van der Waals surface area contributed by atoms with Crippen LogP contribution in [0.3, 0.4) is 0 Å². The Morgan fingerprint density at radius 1 is 1.03 bits per heavy atom. The van der Waals surface area contributed by atoms with Crippen molar-refractivity contribution in [3.63, 3.8) is 0 Å². The van der Waals surface area contributed by atoms with Crippen LogP contribution in [0.1, 0.15) is 12.5 Å². The molecule has 6 heteroatoms. The number of urea groups is 1. The van der Waals surface area contributed by atoms with Crippen molar-refractivity contribution in [3.05, 3.63) is 78.4 Å². The summed E-state index contributed by atoms with van der Waals surface area (Å²) in [6.07, 6.45) is 3.37. The van der Waals surface area contributed by atoms with Crippen LogP contribution in [0.15, 0.2) is 72.8 Å². The summed E-state index contributed by atoms with van der Waals surface area (Å²) >= 11 is 0. The Morgan fingerprint density at radius 2 is 1.81 bits per heavy atom. The number of hydrogen-bond donors (Lipinski definition) is 2. The number of para-hydroxylation sites is 1. The molecule has 4 aromatic rings. The van der Waals surface area contributed by atoms with Crippen molar-refractivity contribution < 1.29 is 9.59 Å². The molecule has 0 atom stereocenters. The number of rotatable bonds is 5. The summed E-state index contributed by atoms with van der Waals surface area (Å²) in [6, 6.07) is 21.9. The lowest BCUT2D eigenvalue weighted by molar-refractivity contribution is -0.111. The minimum Gasteiger partial charge on any atom is -0.341 e. The van der Waals surface area contributed by atoms with E-state index in [4.69, 9.17) is 0 Å². The summed E-state index contributed by atoms with van der Waals surface area (Å²) in [7, 11) is 0. The number of nitrogens with zero attached hydrogens (tertiary/aromatic N) is 2. The number of aromatic nitrogens is 1. The van der Waals surface area contributed by atoms with Crippen molar-refractivity contribution in [1.82, 2.24) is 9.88 Å². The zero-order valence-electron chi connectivity index (χ0n) is 17.8. The van der Waals surface area contributed by atoms with Crippen LogP contribution in [0.5, 0.6) is 0 Å². The SMILES string of the molecule is CCn1c2ccccc2c2cc(/C=C/C(=O)Nc3ccc(N4CCNC4=O)cc3)ccc21. The highest BCUT2D eigenvalue weighted by molar-refractivity contribution is 6.09. The van der Waals surface area contributed by atoms with Gasteiger partial charge in [-0.1, -0.05) is 24.3 Å². The highest BCUT2D eigenvalue weighted by Gasteiger charge is 2.20. The van der Waals surface area contributed by atoms with E-state index in [9.17, 15) is 9.59 Å². The summed E-state index contributed by atoms with van der Waals surface area (Å²) in [4.78, 5) is 25.9. The lowest BCUT2D eigenvalue weighted by atomic mass is 10.1. The van der Waals surface area contributed by atoms with E-state index >= 15 is 0 Å². The number of carbonyl (C=O) groups excluding carboxylic acids is 2. The highest BCUT2D eigenvalue weighted by Crippen LogP contribution is 2.30. The Kier molecular flexibility index (Phi) is 5.11. The zero-order valence-corrected chi connectivity index (χ0v) is 17.8. The number of amides is 3. The fraction of sp³-hybridized carbons (Fsp3) is 0.154. The molecule has 0 aliphatic carbocycles. The van der Waals surface area contributed by atoms with E-state index in [0.717, 1.165) is 17.8 Å². The van der Waals surface area contributed by atoms with E-state index in [2.05, 4.69) is 58.5 Å². The van der Waals surface area contributed by atoms with Crippen molar-refractivity contribution in [2.45, 2.75) is 13.5 Å². The number of nitrogens with one attached hydrogen (secondary N) is 2. The van der Waals surface area contributed by atoms with Gasteiger partial charge in [-0.15, -0.1) is 0 Å². The van der Waals surface area contributed by atoms with E-state index in [-0.39, 0.29) is 11.9 Å². The molecule has 1 fully saturated rings. The summed E-state index contributed by atoms with van der Waals surface area (Å²) in [5.41, 5.74) is 4.89. The lowest BCUT2D eigenvalue weighted by Gasteiger charge is -2.14. The lowest BCUT2D eigenvalue weighted by Crippen LogP contribution is -2.27. The summed E-state index contributed by atoms with van der Waals surface area (Å²) in [5, 5.41) is 8.06. The largest absolute Gasteiger partial charge is 0.341 e. The molecule has 2 N–H and O–H groups in total. The normalized spacial score (nSPS) is 13.9. The van der Waals surface area contributed by atoms with E-state index < -0.39 is 0 Å². The first-order valence-corrected chi connectivity index (χ1v) is 10.8. The molecule has 0 radical (unpaired) electrons. The number of carbonyl (C=O) groups is 2. The quantitative estimate of drug-likeness (QED) is 0.443. The molecular formula is C26H24N4O2. The number of benzene rings is 3. The average Bonchev–Trinajstić information content (AvgIpc) is 3.39. The Labute approximate surface area is 186 Å². The van der Waals surface area contributed by atoms with Crippen LogP contribution in [0.2, 0.25) is 0 Å². The number of hydrogen-bond acceptors (Lipinski definition) is 2. The third kappa shape index (κ3) is 3.60. The zero-order chi connectivity index (χ0) is 22.1. The van der Waals surface area contributed by atoms with Gasteiger partial charge in [0.25, 0.3) is 0 Å². The van der Waals surface area contributed by atoms with E-state index in [0.29, 0.717) is 18.8 Å². The molecule has 1 aromatic heterocycles. The number of aryl methyl sites for hydroxylation is 1. The smallest absolute Gasteiger partial charge is 0.321 e. The maximum atomic E-state index is 12.4. The van der Waals surface area contributed by atoms with Crippen LogP contribution in [-0.4, -0.2) is 29.6 Å². The van der Waals surface area contributed by atoms with Crippen molar-refractivity contribution >= 4 is 51.2 Å². The molecule has 3 aromatic carbocycles. The van der Waals surface area contributed by atoms with Crippen molar-refractivity contribution in [1.29, 1.82) is 0 Å². The second kappa shape index (κ2) is 8.23. The molecule has 0 spiro atoms. The van der Waals surface area contributed by atoms with Crippen LogP contribution in [0.4, 0.5) is 16.2 Å². The monoisotopic (exact) mass is 424 g/mol. The van der Waals surface area contributed by atoms with E-state index in [1.54, 1.807) is 23.1 Å². The molecule has 1 aliphatic heterocycles. The minimum absolute atomic E-state index is 0.0938. The third-order valence-electron chi connectivity index (χ3n) is 5.84. The predicted octanol–water partition coefficient (Wildman–Crippen LogP) is 5.00. The first-order chi connectivity index (χ1) is 15.6. The minimum atomic E-state index is -0.201. The Bertz CT molecular complexity index is 1350. The molecule has 0 bridgehead atoms. The van der Waals surface area contributed by atoms with Gasteiger partial charge in [-0.3, -0.25) is 9.69 Å². The molecule has 1 aliphatic rings. The van der Waals surface area contributed by atoms with Crippen LogP contribution in [0, 0.1) is 0 Å². The third-order valence-corrected chi connectivity index (χ3v) is 5.84. The van der Waals surface area contributed by atoms with Gasteiger partial charge in [-0.2, -0.15) is 0 Å². The van der Waals surface area contributed by atoms with Gasteiger partial charge in [0, 0.05) is 58.9 Å². The van der Waals surface area contributed by atoms with Crippen molar-refractivity contribution in [2.75, 3.05) is 23.3 Å². The molecule has 0 saturated carbocycles. The average molecular weight is 425 g/mol. The van der Waals surface area contributed by atoms with Crippen molar-refractivity contribution in [3.8, 4) is 0 Å². The van der Waals surface area contributed by atoms with Gasteiger partial charge in [0.2, 0.25) is 5.91 Å². The van der Waals surface area contributed by atoms with Gasteiger partial charge < -0.3 is 15.2 Å². The van der Waals surface area contributed by atoms with Crippen LogP contribution >= 0.6 is 0 Å². The second-order valence-corrected chi connectivity index (χ2v) is 7.79. The van der Waals surface area contributed by atoms with Gasteiger partial charge >= 0.3 is 6.03 Å². The fourth-order valence-electron chi connectivity index (χ4n) is 4.31. The van der Waals surface area contributed by atoms with Crippen LogP contribution in [0.25, 0.3) is 27.9 Å². The topological polar surface area (TPSA) is 66.4 Å². The molecule has 5 rings (SSSR count). The summed E-state index contributed by atoms with van der Waals surface area (Å²) < 4.78 is 2.31. The van der Waals surface area contributed by atoms with Crippen LogP contribution < -0.4 is 15.5 Å². The maximum Gasteiger partial charge on any atom is 0.321 e. The molecule has 32 heavy (non-hydrogen) atoms. The van der Waals surface area contributed by atoms with Gasteiger partial charge in [0.15, 0.2) is 0 Å². The molecule has 160 valence electrons. The van der Waals surface area contributed by atoms with E-state index in [1.165, 1.54) is 21.8 Å². The second-order valence-electron chi connectivity index (χ2n) is 7.79. The predicted molar refractivity (Wildman–Crippen MR) is 130 cm³/mol. The van der Waals surface area contributed by atoms with Gasteiger partial charge in [-0.25, -0.2) is 4.79 Å². The molecule has 3 amide bonds. The first-order valence-electron chi connectivity index (χ1n) is 10.8. The summed E-state index contributed by atoms with van der Waals surface area (Å²) in [5.74, 6) is -0.201. The Morgan fingerprint density at radius 3 is 2.56 bits per heavy atom. The fourth-order valence-corrected chi connectivity index (χ4v) is 4.31. The number of fused-ring (bicyclic) bond motifs is 3. The summed E-state index contributed by atoms with van der Waals surface area (Å²) in [6.45, 7) is 4.35. The number of anilines is 2. The van der Waals surface area contributed by atoms with E-state index in [1.807, 2.05) is 24.3 Å². The molecule has 6 nitrogen and oxygen atoms in total. The van der Waals surface area contributed by atoms with Gasteiger partial charge in [0.05, 0.1) is 0 Å². The Balaban J connectivity index is 1.32. The molecule has 2 heterocycles. The Hall–Kier alpha value is -4.06.